The van der Waals surface area contributed by atoms with Crippen LogP contribution in [0.1, 0.15) is 39.0 Å². The smallest absolute Gasteiger partial charge is 0.233 e. The number of aromatic nitrogens is 2. The number of carbonyl (C=O) groups excluding carboxylic acids is 1. The van der Waals surface area contributed by atoms with Gasteiger partial charge in [-0.05, 0) is 25.3 Å². The molecule has 2 aromatic heterocycles. The van der Waals surface area contributed by atoms with E-state index >= 15 is 0 Å². The third-order valence-corrected chi connectivity index (χ3v) is 7.40. The minimum Gasteiger partial charge on any atom is -0.352 e. The molecule has 130 valence electrons. The van der Waals surface area contributed by atoms with E-state index in [0.717, 1.165) is 39.9 Å². The number of carbonyl (C=O) groups is 1. The molecule has 0 radical (unpaired) electrons. The molecule has 1 atom stereocenters. The van der Waals surface area contributed by atoms with Gasteiger partial charge < -0.3 is 5.32 Å². The summed E-state index contributed by atoms with van der Waals surface area (Å²) in [5.74, 6) is 0.146. The molecule has 6 heteroatoms. The summed E-state index contributed by atoms with van der Waals surface area (Å²) >= 11 is 3.28. The van der Waals surface area contributed by atoms with Crippen molar-refractivity contribution in [2.24, 2.45) is 0 Å². The third-order valence-electron chi connectivity index (χ3n) is 4.74. The highest BCUT2D eigenvalue weighted by atomic mass is 32.2. The van der Waals surface area contributed by atoms with Crippen molar-refractivity contribution in [3.63, 3.8) is 0 Å². The highest BCUT2D eigenvalue weighted by Gasteiger charge is 2.24. The molecule has 2 heterocycles. The topological polar surface area (TPSA) is 54.9 Å². The summed E-state index contributed by atoms with van der Waals surface area (Å²) in [5, 5.41) is 5.20. The molecular weight excluding hydrogens is 350 g/mol. The maximum absolute atomic E-state index is 12.7. The van der Waals surface area contributed by atoms with Crippen molar-refractivity contribution < 1.29 is 4.79 Å². The second kappa shape index (κ2) is 7.30. The molecule has 0 bridgehead atoms. The Bertz CT molecular complexity index is 902. The number of thioether (sulfide) groups is 1. The quantitative estimate of drug-likeness (QED) is 0.518. The predicted octanol–water partition coefficient (Wildman–Crippen LogP) is 4.77. The monoisotopic (exact) mass is 371 g/mol. The summed E-state index contributed by atoms with van der Waals surface area (Å²) in [6, 6.07) is 8.65. The van der Waals surface area contributed by atoms with Crippen LogP contribution < -0.4 is 5.32 Å². The fraction of sp³-hybridized carbons (Fsp3) is 0.421. The lowest BCUT2D eigenvalue weighted by Crippen LogP contribution is -2.38. The zero-order valence-electron chi connectivity index (χ0n) is 14.2. The van der Waals surface area contributed by atoms with E-state index in [1.165, 1.54) is 17.5 Å². The summed E-state index contributed by atoms with van der Waals surface area (Å²) in [6.07, 6.45) is 7.08. The molecule has 1 saturated carbocycles. The number of benzene rings is 1. The number of amides is 1. The van der Waals surface area contributed by atoms with E-state index in [2.05, 4.69) is 34.3 Å². The average Bonchev–Trinajstić information content (AvgIpc) is 3.27. The van der Waals surface area contributed by atoms with Crippen molar-refractivity contribution in [3.8, 4) is 0 Å². The number of fused-ring (bicyclic) bond motifs is 3. The van der Waals surface area contributed by atoms with Crippen molar-refractivity contribution in [1.29, 1.82) is 0 Å². The Balaban J connectivity index is 1.61. The largest absolute Gasteiger partial charge is 0.352 e. The first kappa shape index (κ1) is 16.8. The zero-order valence-corrected chi connectivity index (χ0v) is 15.8. The molecule has 1 aromatic carbocycles. The minimum absolute atomic E-state index is 0.107. The molecule has 0 spiro atoms. The van der Waals surface area contributed by atoms with E-state index < -0.39 is 0 Å². The number of nitrogens with zero attached hydrogens (tertiary/aromatic N) is 2. The van der Waals surface area contributed by atoms with Crippen LogP contribution in [0.5, 0.6) is 0 Å². The predicted molar refractivity (Wildman–Crippen MR) is 105 cm³/mol. The lowest BCUT2D eigenvalue weighted by Gasteiger charge is -2.18. The van der Waals surface area contributed by atoms with Gasteiger partial charge in [-0.1, -0.05) is 49.7 Å². The number of rotatable bonds is 5. The molecule has 1 unspecified atom stereocenters. The molecule has 1 N–H and O–H groups in total. The second-order valence-electron chi connectivity index (χ2n) is 6.46. The Morgan fingerprint density at radius 1 is 1.32 bits per heavy atom. The van der Waals surface area contributed by atoms with E-state index in [-0.39, 0.29) is 11.2 Å². The number of hydrogen-bond acceptors (Lipinski definition) is 5. The number of nitrogens with one attached hydrogen (secondary N) is 1. The third kappa shape index (κ3) is 3.37. The van der Waals surface area contributed by atoms with Crippen molar-refractivity contribution in [2.75, 3.05) is 0 Å². The molecule has 25 heavy (non-hydrogen) atoms. The van der Waals surface area contributed by atoms with Gasteiger partial charge in [0.25, 0.3) is 0 Å². The van der Waals surface area contributed by atoms with E-state index in [1.807, 2.05) is 12.1 Å². The van der Waals surface area contributed by atoms with Crippen molar-refractivity contribution >= 4 is 49.3 Å². The van der Waals surface area contributed by atoms with Crippen LogP contribution in [0.2, 0.25) is 0 Å². The van der Waals surface area contributed by atoms with Crippen LogP contribution in [0.15, 0.2) is 35.6 Å². The SMILES string of the molecule is CCC(Sc1ncnc2c1sc1ccccc12)C(=O)NC1CCCC1. The molecule has 1 fully saturated rings. The van der Waals surface area contributed by atoms with E-state index in [0.29, 0.717) is 6.04 Å². The van der Waals surface area contributed by atoms with E-state index in [1.54, 1.807) is 29.4 Å². The standard InChI is InChI=1S/C19H21N3OS2/c1-2-14(18(23)22-12-7-3-4-8-12)25-19-17-16(20-11-21-19)13-9-5-6-10-15(13)24-17/h5-6,9-12,14H,2-4,7-8H2,1H3,(H,22,23). The maximum atomic E-state index is 12.7. The highest BCUT2D eigenvalue weighted by molar-refractivity contribution is 8.00. The van der Waals surface area contributed by atoms with Crippen LogP contribution in [-0.2, 0) is 4.79 Å². The van der Waals surface area contributed by atoms with Gasteiger partial charge in [-0.2, -0.15) is 0 Å². The van der Waals surface area contributed by atoms with Gasteiger partial charge in [0.2, 0.25) is 5.91 Å². The van der Waals surface area contributed by atoms with Gasteiger partial charge in [0.05, 0.1) is 15.5 Å². The zero-order chi connectivity index (χ0) is 17.2. The first-order valence-electron chi connectivity index (χ1n) is 8.85. The Labute approximate surface area is 155 Å². The van der Waals surface area contributed by atoms with Gasteiger partial charge in [-0.3, -0.25) is 4.79 Å². The molecule has 1 aliphatic carbocycles. The van der Waals surface area contributed by atoms with Crippen molar-refractivity contribution in [1.82, 2.24) is 15.3 Å². The molecule has 3 aromatic rings. The first-order chi connectivity index (χ1) is 12.3. The van der Waals surface area contributed by atoms with Crippen LogP contribution in [0.3, 0.4) is 0 Å². The second-order valence-corrected chi connectivity index (χ2v) is 8.70. The summed E-state index contributed by atoms with van der Waals surface area (Å²) in [7, 11) is 0. The average molecular weight is 372 g/mol. The summed E-state index contributed by atoms with van der Waals surface area (Å²) in [4.78, 5) is 21.6. The maximum Gasteiger partial charge on any atom is 0.233 e. The van der Waals surface area contributed by atoms with Crippen molar-refractivity contribution in [3.05, 3.63) is 30.6 Å². The Morgan fingerprint density at radius 3 is 2.92 bits per heavy atom. The lowest BCUT2D eigenvalue weighted by molar-refractivity contribution is -0.121. The molecule has 0 aliphatic heterocycles. The van der Waals surface area contributed by atoms with Gasteiger partial charge in [0.15, 0.2) is 0 Å². The molecular formula is C19H21N3OS2. The van der Waals surface area contributed by atoms with Gasteiger partial charge in [-0.15, -0.1) is 11.3 Å². The van der Waals surface area contributed by atoms with Crippen LogP contribution in [0, 0.1) is 0 Å². The van der Waals surface area contributed by atoms with Crippen LogP contribution in [-0.4, -0.2) is 27.2 Å². The molecule has 4 rings (SSSR count). The summed E-state index contributed by atoms with van der Waals surface area (Å²) < 4.78 is 2.30. The molecule has 1 aliphatic rings. The summed E-state index contributed by atoms with van der Waals surface area (Å²) in [6.45, 7) is 2.06. The van der Waals surface area contributed by atoms with Gasteiger partial charge in [-0.25, -0.2) is 9.97 Å². The Kier molecular flexibility index (Phi) is 4.90. The van der Waals surface area contributed by atoms with Crippen LogP contribution in [0.4, 0.5) is 0 Å². The minimum atomic E-state index is -0.107. The van der Waals surface area contributed by atoms with Crippen LogP contribution >= 0.6 is 23.1 Å². The van der Waals surface area contributed by atoms with Crippen molar-refractivity contribution in [2.45, 2.75) is 55.3 Å². The Morgan fingerprint density at radius 2 is 2.12 bits per heavy atom. The molecule has 4 nitrogen and oxygen atoms in total. The summed E-state index contributed by atoms with van der Waals surface area (Å²) in [5.41, 5.74) is 0.990. The van der Waals surface area contributed by atoms with E-state index in [4.69, 9.17) is 0 Å². The first-order valence-corrected chi connectivity index (χ1v) is 10.5. The molecule has 0 saturated heterocycles. The Hall–Kier alpha value is -1.66. The van der Waals surface area contributed by atoms with Gasteiger partial charge in [0.1, 0.15) is 11.4 Å². The normalized spacial score (nSPS) is 16.5. The van der Waals surface area contributed by atoms with Gasteiger partial charge >= 0.3 is 0 Å². The fourth-order valence-corrected chi connectivity index (χ4v) is 5.64. The lowest BCUT2D eigenvalue weighted by atomic mass is 10.2. The highest BCUT2D eigenvalue weighted by Crippen LogP contribution is 2.38. The number of thiophene rings is 1. The fourth-order valence-electron chi connectivity index (χ4n) is 3.41. The van der Waals surface area contributed by atoms with E-state index in [9.17, 15) is 4.79 Å². The van der Waals surface area contributed by atoms with Gasteiger partial charge in [0, 0.05) is 16.1 Å². The van der Waals surface area contributed by atoms with Crippen LogP contribution in [0.25, 0.3) is 20.3 Å². The number of hydrogen-bond donors (Lipinski definition) is 1. The molecule has 1 amide bonds.